The number of urea groups is 1. The second-order valence-electron chi connectivity index (χ2n) is 5.09. The van der Waals surface area contributed by atoms with E-state index in [0.717, 1.165) is 16.9 Å². The van der Waals surface area contributed by atoms with Crippen LogP contribution in [0.2, 0.25) is 0 Å². The molecule has 0 atom stereocenters. The number of nitrogens with one attached hydrogen (secondary N) is 2. The molecule has 3 amide bonds. The molecule has 23 heavy (non-hydrogen) atoms. The minimum absolute atomic E-state index is 0.0872. The Morgan fingerprint density at radius 3 is 2.35 bits per heavy atom. The lowest BCUT2D eigenvalue weighted by Gasteiger charge is -2.15. The number of aryl methyl sites for hydroxylation is 2. The molecular formula is C17H19N3O3. The maximum Gasteiger partial charge on any atom is 0.318 e. The topological polar surface area (TPSA) is 93.4 Å². The zero-order valence-electron chi connectivity index (χ0n) is 13.1. The van der Waals surface area contributed by atoms with Gasteiger partial charge in [-0.05, 0) is 37.1 Å². The normalized spacial score (nSPS) is 10.0. The van der Waals surface area contributed by atoms with Crippen LogP contribution >= 0.6 is 0 Å². The summed E-state index contributed by atoms with van der Waals surface area (Å²) in [5.74, 6) is 0.861. The van der Waals surface area contributed by atoms with E-state index in [2.05, 4.69) is 5.32 Å². The maximum absolute atomic E-state index is 11.5. The summed E-state index contributed by atoms with van der Waals surface area (Å²) in [7, 11) is 0. The first-order valence-electron chi connectivity index (χ1n) is 7.13. The van der Waals surface area contributed by atoms with E-state index in [4.69, 9.17) is 10.5 Å². The molecule has 0 aromatic heterocycles. The third kappa shape index (κ3) is 4.47. The van der Waals surface area contributed by atoms with Gasteiger partial charge in [-0.25, -0.2) is 4.79 Å². The molecule has 0 fully saturated rings. The number of ether oxygens (including phenoxy) is 1. The maximum atomic E-state index is 11.5. The Labute approximate surface area is 134 Å². The second-order valence-corrected chi connectivity index (χ2v) is 5.09. The number of anilines is 1. The van der Waals surface area contributed by atoms with Crippen molar-refractivity contribution in [2.45, 2.75) is 13.8 Å². The van der Waals surface area contributed by atoms with Gasteiger partial charge in [0.15, 0.2) is 5.75 Å². The predicted octanol–water partition coefficient (Wildman–Crippen LogP) is 2.70. The van der Waals surface area contributed by atoms with E-state index in [0.29, 0.717) is 11.4 Å². The zero-order chi connectivity index (χ0) is 16.8. The highest BCUT2D eigenvalue weighted by atomic mass is 16.5. The molecule has 2 rings (SSSR count). The summed E-state index contributed by atoms with van der Waals surface area (Å²) >= 11 is 0. The third-order valence-electron chi connectivity index (χ3n) is 3.21. The molecule has 0 bridgehead atoms. The van der Waals surface area contributed by atoms with E-state index in [1.165, 1.54) is 0 Å². The van der Waals surface area contributed by atoms with Crippen molar-refractivity contribution < 1.29 is 14.3 Å². The Morgan fingerprint density at radius 1 is 1.04 bits per heavy atom. The molecule has 0 unspecified atom stereocenters. The first kappa shape index (κ1) is 16.4. The van der Waals surface area contributed by atoms with Crippen LogP contribution in [0.25, 0.3) is 0 Å². The number of nitrogens with two attached hydrogens (primary N) is 1. The van der Waals surface area contributed by atoms with Gasteiger partial charge in [0, 0.05) is 0 Å². The van der Waals surface area contributed by atoms with Crippen LogP contribution in [-0.2, 0) is 4.79 Å². The molecule has 0 aliphatic carbocycles. The van der Waals surface area contributed by atoms with Crippen molar-refractivity contribution in [2.75, 3.05) is 11.9 Å². The molecule has 0 spiro atoms. The average Bonchev–Trinajstić information content (AvgIpc) is 2.49. The Hall–Kier alpha value is -3.02. The number of primary amides is 1. The largest absolute Gasteiger partial charge is 0.455 e. The van der Waals surface area contributed by atoms with Crippen molar-refractivity contribution in [2.24, 2.45) is 5.73 Å². The summed E-state index contributed by atoms with van der Waals surface area (Å²) in [6.07, 6.45) is 0. The van der Waals surface area contributed by atoms with E-state index in [-0.39, 0.29) is 6.54 Å². The molecule has 4 N–H and O–H groups in total. The van der Waals surface area contributed by atoms with Crippen LogP contribution in [0.5, 0.6) is 11.5 Å². The molecule has 0 saturated heterocycles. The van der Waals surface area contributed by atoms with Crippen LogP contribution in [-0.4, -0.2) is 18.5 Å². The number of benzene rings is 2. The van der Waals surface area contributed by atoms with E-state index < -0.39 is 11.9 Å². The number of amides is 3. The Kier molecular flexibility index (Phi) is 5.19. The first-order chi connectivity index (χ1) is 11.0. The molecular weight excluding hydrogens is 294 g/mol. The zero-order valence-corrected chi connectivity index (χ0v) is 13.1. The Bertz CT molecular complexity index is 709. The minimum atomic E-state index is -0.878. The van der Waals surface area contributed by atoms with Crippen molar-refractivity contribution in [1.29, 1.82) is 0 Å². The lowest BCUT2D eigenvalue weighted by atomic mass is 10.1. The molecule has 0 heterocycles. The van der Waals surface area contributed by atoms with Gasteiger partial charge in [0.1, 0.15) is 5.75 Å². The standard InChI is InChI=1S/C17H19N3O3/c1-11-6-5-7-12(2)16(11)23-14-9-4-3-8-13(14)19-10-15(21)20-17(18)22/h3-9,19H,10H2,1-2H3,(H3,18,20,21,22). The van der Waals surface area contributed by atoms with Gasteiger partial charge in [0.25, 0.3) is 0 Å². The van der Waals surface area contributed by atoms with E-state index in [9.17, 15) is 9.59 Å². The fraction of sp³-hybridized carbons (Fsp3) is 0.176. The van der Waals surface area contributed by atoms with Gasteiger partial charge in [-0.3, -0.25) is 10.1 Å². The highest BCUT2D eigenvalue weighted by molar-refractivity contribution is 5.95. The van der Waals surface area contributed by atoms with Gasteiger partial charge in [-0.2, -0.15) is 0 Å². The van der Waals surface area contributed by atoms with Crippen molar-refractivity contribution in [3.8, 4) is 11.5 Å². The smallest absolute Gasteiger partial charge is 0.318 e. The molecule has 2 aromatic carbocycles. The van der Waals surface area contributed by atoms with Crippen molar-refractivity contribution in [1.82, 2.24) is 5.32 Å². The Morgan fingerprint density at radius 2 is 1.70 bits per heavy atom. The summed E-state index contributed by atoms with van der Waals surface area (Å²) in [5, 5.41) is 4.93. The summed E-state index contributed by atoms with van der Waals surface area (Å²) in [6.45, 7) is 3.85. The number of rotatable bonds is 5. The van der Waals surface area contributed by atoms with Gasteiger partial charge in [-0.1, -0.05) is 30.3 Å². The SMILES string of the molecule is Cc1cccc(C)c1Oc1ccccc1NCC(=O)NC(N)=O. The number of carbonyl (C=O) groups is 2. The molecule has 6 nitrogen and oxygen atoms in total. The van der Waals surface area contributed by atoms with E-state index >= 15 is 0 Å². The average molecular weight is 313 g/mol. The molecule has 0 radical (unpaired) electrons. The third-order valence-corrected chi connectivity index (χ3v) is 3.21. The van der Waals surface area contributed by atoms with Crippen LogP contribution in [0.3, 0.4) is 0 Å². The van der Waals surface area contributed by atoms with Gasteiger partial charge in [-0.15, -0.1) is 0 Å². The number of carbonyl (C=O) groups excluding carboxylic acids is 2. The van der Waals surface area contributed by atoms with Crippen LogP contribution in [0.15, 0.2) is 42.5 Å². The predicted molar refractivity (Wildman–Crippen MR) is 88.6 cm³/mol. The van der Waals surface area contributed by atoms with Gasteiger partial charge in [0.2, 0.25) is 5.91 Å². The quantitative estimate of drug-likeness (QED) is 0.791. The summed E-state index contributed by atoms with van der Waals surface area (Å²) in [4.78, 5) is 22.1. The monoisotopic (exact) mass is 313 g/mol. The molecule has 0 saturated carbocycles. The highest BCUT2D eigenvalue weighted by Gasteiger charge is 2.10. The van der Waals surface area contributed by atoms with Gasteiger partial charge < -0.3 is 15.8 Å². The first-order valence-corrected chi connectivity index (χ1v) is 7.13. The molecule has 0 aliphatic heterocycles. The number of imide groups is 1. The van der Waals surface area contributed by atoms with Crippen molar-refractivity contribution >= 4 is 17.6 Å². The number of para-hydroxylation sites is 3. The summed E-state index contributed by atoms with van der Waals surface area (Å²) in [5.41, 5.74) is 7.59. The second kappa shape index (κ2) is 7.31. The highest BCUT2D eigenvalue weighted by Crippen LogP contribution is 2.33. The summed E-state index contributed by atoms with van der Waals surface area (Å²) in [6, 6.07) is 12.3. The fourth-order valence-electron chi connectivity index (χ4n) is 2.13. The molecule has 0 aliphatic rings. The van der Waals surface area contributed by atoms with Crippen molar-refractivity contribution in [3.05, 3.63) is 53.6 Å². The summed E-state index contributed by atoms with van der Waals surface area (Å²) < 4.78 is 6.00. The Balaban J connectivity index is 2.15. The van der Waals surface area contributed by atoms with Crippen LogP contribution in [0.1, 0.15) is 11.1 Å². The number of hydrogen-bond donors (Lipinski definition) is 3. The van der Waals surface area contributed by atoms with Gasteiger partial charge in [0.05, 0.1) is 12.2 Å². The van der Waals surface area contributed by atoms with Crippen LogP contribution in [0.4, 0.5) is 10.5 Å². The van der Waals surface area contributed by atoms with Crippen LogP contribution < -0.4 is 21.1 Å². The molecule has 6 heteroatoms. The molecule has 2 aromatic rings. The van der Waals surface area contributed by atoms with Crippen LogP contribution in [0, 0.1) is 13.8 Å². The lowest BCUT2D eigenvalue weighted by molar-refractivity contribution is -0.118. The fourth-order valence-corrected chi connectivity index (χ4v) is 2.13. The van der Waals surface area contributed by atoms with Crippen molar-refractivity contribution in [3.63, 3.8) is 0 Å². The molecule has 120 valence electrons. The minimum Gasteiger partial charge on any atom is -0.455 e. The number of hydrogen-bond acceptors (Lipinski definition) is 4. The van der Waals surface area contributed by atoms with Gasteiger partial charge >= 0.3 is 6.03 Å². The van der Waals surface area contributed by atoms with E-state index in [1.54, 1.807) is 12.1 Å². The van der Waals surface area contributed by atoms with E-state index in [1.807, 2.05) is 49.5 Å². The lowest BCUT2D eigenvalue weighted by Crippen LogP contribution is -2.38.